The van der Waals surface area contributed by atoms with Crippen molar-refractivity contribution in [3.63, 3.8) is 0 Å². The second kappa shape index (κ2) is 8.42. The summed E-state index contributed by atoms with van der Waals surface area (Å²) in [6.07, 6.45) is 5.80. The van der Waals surface area contributed by atoms with Crippen molar-refractivity contribution < 1.29 is 18.0 Å². The Balaban J connectivity index is 1.29. The van der Waals surface area contributed by atoms with Gasteiger partial charge < -0.3 is 14.6 Å². The molecule has 5 rings (SSSR count). The largest absolute Gasteiger partial charge is 0.439 e. The quantitative estimate of drug-likeness (QED) is 0.621. The molecule has 2 aliphatic heterocycles. The van der Waals surface area contributed by atoms with Crippen LogP contribution in [-0.4, -0.2) is 57.0 Å². The number of hydrogen-bond acceptors (Lipinski definition) is 6. The summed E-state index contributed by atoms with van der Waals surface area (Å²) >= 11 is 0. The summed E-state index contributed by atoms with van der Waals surface area (Å²) in [5, 5.41) is 7.55. The highest BCUT2D eigenvalue weighted by molar-refractivity contribution is 5.92. The average Bonchev–Trinajstić information content (AvgIpc) is 3.32. The molecule has 3 aromatic heterocycles. The van der Waals surface area contributed by atoms with E-state index < -0.39 is 6.43 Å². The van der Waals surface area contributed by atoms with Crippen LogP contribution in [0.15, 0.2) is 35.1 Å². The number of rotatable bonds is 5. The maximum atomic E-state index is 13.0. The molecule has 5 heterocycles. The second-order valence-electron chi connectivity index (χ2n) is 8.42. The van der Waals surface area contributed by atoms with Gasteiger partial charge in [-0.15, -0.1) is 0 Å². The fourth-order valence-corrected chi connectivity index (χ4v) is 4.83. The number of aromatic nitrogens is 3. The van der Waals surface area contributed by atoms with Crippen LogP contribution < -0.4 is 10.6 Å². The molecule has 2 amide bonds. The van der Waals surface area contributed by atoms with Gasteiger partial charge in [0.25, 0.3) is 6.43 Å². The number of fused-ring (bicyclic) bond motifs is 3. The van der Waals surface area contributed by atoms with Crippen molar-refractivity contribution in [2.75, 3.05) is 11.9 Å². The van der Waals surface area contributed by atoms with Crippen molar-refractivity contribution in [1.29, 1.82) is 0 Å². The molecular formula is C22H24F2N6O2. The molecule has 168 valence electrons. The number of oxazole rings is 1. The molecule has 2 bridgehead atoms. The SMILES string of the molecule is Cc1ncc(-c2cc3cc(NC(=O)N4[C@@H]5CC[C@H]4C[C@H](NCC(F)F)C5)ncc3cn2)o1. The van der Waals surface area contributed by atoms with Gasteiger partial charge in [-0.2, -0.15) is 0 Å². The molecule has 0 aliphatic carbocycles. The van der Waals surface area contributed by atoms with Crippen molar-refractivity contribution in [2.45, 2.75) is 57.2 Å². The predicted molar refractivity (Wildman–Crippen MR) is 114 cm³/mol. The number of anilines is 1. The van der Waals surface area contributed by atoms with Crippen molar-refractivity contribution in [3.05, 3.63) is 36.6 Å². The summed E-state index contributed by atoms with van der Waals surface area (Å²) < 4.78 is 30.6. The molecule has 0 aromatic carbocycles. The lowest BCUT2D eigenvalue weighted by atomic mass is 9.97. The first-order chi connectivity index (χ1) is 15.5. The summed E-state index contributed by atoms with van der Waals surface area (Å²) in [4.78, 5) is 27.7. The Kier molecular flexibility index (Phi) is 5.46. The van der Waals surface area contributed by atoms with Gasteiger partial charge in [0.1, 0.15) is 11.5 Å². The van der Waals surface area contributed by atoms with Crippen LogP contribution in [0.25, 0.3) is 22.2 Å². The van der Waals surface area contributed by atoms with E-state index in [1.54, 1.807) is 31.6 Å². The van der Waals surface area contributed by atoms with E-state index in [9.17, 15) is 13.6 Å². The number of pyridine rings is 2. The van der Waals surface area contributed by atoms with Gasteiger partial charge in [-0.25, -0.2) is 23.5 Å². The van der Waals surface area contributed by atoms with Crippen molar-refractivity contribution in [1.82, 2.24) is 25.2 Å². The minimum absolute atomic E-state index is 0.0231. The highest BCUT2D eigenvalue weighted by atomic mass is 19.3. The van der Waals surface area contributed by atoms with Gasteiger partial charge in [0.15, 0.2) is 11.7 Å². The molecule has 3 aromatic rings. The fraction of sp³-hybridized carbons (Fsp3) is 0.455. The van der Waals surface area contributed by atoms with E-state index in [2.05, 4.69) is 25.6 Å². The number of amides is 2. The zero-order valence-electron chi connectivity index (χ0n) is 17.6. The lowest BCUT2D eigenvalue weighted by molar-refractivity contribution is 0.115. The Hall–Kier alpha value is -3.14. The molecule has 10 heteroatoms. The monoisotopic (exact) mass is 442 g/mol. The maximum absolute atomic E-state index is 13.0. The number of nitrogens with one attached hydrogen (secondary N) is 2. The summed E-state index contributed by atoms with van der Waals surface area (Å²) in [7, 11) is 0. The number of piperidine rings is 1. The summed E-state index contributed by atoms with van der Waals surface area (Å²) in [6, 6.07) is 3.60. The highest BCUT2D eigenvalue weighted by Gasteiger charge is 2.43. The van der Waals surface area contributed by atoms with Crippen LogP contribution in [-0.2, 0) is 0 Å². The lowest BCUT2D eigenvalue weighted by Crippen LogP contribution is -2.53. The Morgan fingerprint density at radius 3 is 2.56 bits per heavy atom. The van der Waals surface area contributed by atoms with Gasteiger partial charge in [-0.3, -0.25) is 10.3 Å². The highest BCUT2D eigenvalue weighted by Crippen LogP contribution is 2.36. The van der Waals surface area contributed by atoms with Crippen LogP contribution >= 0.6 is 0 Å². The van der Waals surface area contributed by atoms with Crippen LogP contribution in [0.2, 0.25) is 0 Å². The summed E-state index contributed by atoms with van der Waals surface area (Å²) in [5.74, 6) is 1.59. The van der Waals surface area contributed by atoms with Gasteiger partial charge in [0.05, 0.1) is 12.7 Å². The van der Waals surface area contributed by atoms with Gasteiger partial charge in [0, 0.05) is 42.8 Å². The number of carbonyl (C=O) groups is 1. The van der Waals surface area contributed by atoms with E-state index in [1.807, 2.05) is 11.0 Å². The minimum atomic E-state index is -2.36. The van der Waals surface area contributed by atoms with E-state index in [4.69, 9.17) is 4.42 Å². The Morgan fingerprint density at radius 2 is 1.88 bits per heavy atom. The van der Waals surface area contributed by atoms with Crippen LogP contribution in [0.1, 0.15) is 31.6 Å². The van der Waals surface area contributed by atoms with Crippen LogP contribution in [0, 0.1) is 6.92 Å². The van der Waals surface area contributed by atoms with Crippen LogP contribution in [0.5, 0.6) is 0 Å². The molecule has 3 atom stereocenters. The molecule has 0 radical (unpaired) electrons. The molecule has 0 unspecified atom stereocenters. The van der Waals surface area contributed by atoms with Gasteiger partial charge in [0.2, 0.25) is 0 Å². The number of urea groups is 1. The van der Waals surface area contributed by atoms with E-state index >= 15 is 0 Å². The van der Waals surface area contributed by atoms with E-state index in [0.29, 0.717) is 36.0 Å². The Bertz CT molecular complexity index is 1120. The topological polar surface area (TPSA) is 96.2 Å². The molecule has 2 aliphatic rings. The summed E-state index contributed by atoms with van der Waals surface area (Å²) in [5.41, 5.74) is 0.651. The van der Waals surface area contributed by atoms with E-state index in [1.165, 1.54) is 0 Å². The molecule has 32 heavy (non-hydrogen) atoms. The Labute approximate surface area is 183 Å². The van der Waals surface area contributed by atoms with Crippen LogP contribution in [0.3, 0.4) is 0 Å². The molecular weight excluding hydrogens is 418 g/mol. The number of aryl methyl sites for hydroxylation is 1. The van der Waals surface area contributed by atoms with E-state index in [0.717, 1.165) is 23.6 Å². The molecule has 2 saturated heterocycles. The van der Waals surface area contributed by atoms with Gasteiger partial charge >= 0.3 is 6.03 Å². The van der Waals surface area contributed by atoms with Crippen molar-refractivity contribution >= 4 is 22.6 Å². The summed E-state index contributed by atoms with van der Waals surface area (Å²) in [6.45, 7) is 1.47. The van der Waals surface area contributed by atoms with Gasteiger partial charge in [-0.1, -0.05) is 0 Å². The first-order valence-corrected chi connectivity index (χ1v) is 10.8. The third-order valence-electron chi connectivity index (χ3n) is 6.24. The molecule has 0 saturated carbocycles. The van der Waals surface area contributed by atoms with Crippen LogP contribution in [0.4, 0.5) is 19.4 Å². The normalized spacial score (nSPS) is 22.6. The lowest BCUT2D eigenvalue weighted by Gasteiger charge is -2.39. The number of carbonyl (C=O) groups excluding carboxylic acids is 1. The van der Waals surface area contributed by atoms with E-state index in [-0.39, 0.29) is 30.7 Å². The van der Waals surface area contributed by atoms with Crippen molar-refractivity contribution in [3.8, 4) is 11.5 Å². The zero-order valence-corrected chi connectivity index (χ0v) is 17.6. The zero-order chi connectivity index (χ0) is 22.2. The Morgan fingerprint density at radius 1 is 1.12 bits per heavy atom. The third-order valence-corrected chi connectivity index (χ3v) is 6.24. The first-order valence-electron chi connectivity index (χ1n) is 10.8. The molecule has 2 N–H and O–H groups in total. The van der Waals surface area contributed by atoms with Gasteiger partial charge in [-0.05, 0) is 43.2 Å². The maximum Gasteiger partial charge on any atom is 0.323 e. The minimum Gasteiger partial charge on any atom is -0.439 e. The molecule has 8 nitrogen and oxygen atoms in total. The predicted octanol–water partition coefficient (Wildman–Crippen LogP) is 3.98. The smallest absolute Gasteiger partial charge is 0.323 e. The third kappa shape index (κ3) is 4.14. The average molecular weight is 442 g/mol. The fourth-order valence-electron chi connectivity index (χ4n) is 4.83. The molecule has 0 spiro atoms. The standard InChI is InChI=1S/C22H24F2N6O2/c1-12-25-10-19(32-12)18-4-13-5-21(28-9-14(13)8-27-18)29-22(31)30-16-2-3-17(30)7-15(6-16)26-11-20(23)24/h4-5,8-10,15-17,20,26H,2-3,6-7,11H2,1H3,(H,28,29,31)/t15-,16-,17+. The number of halogens is 2. The second-order valence-corrected chi connectivity index (χ2v) is 8.42. The molecule has 2 fully saturated rings. The number of alkyl halides is 2. The first kappa shape index (κ1) is 20.7. The number of hydrogen-bond donors (Lipinski definition) is 2. The number of nitrogens with zero attached hydrogens (tertiary/aromatic N) is 4. The van der Waals surface area contributed by atoms with Crippen molar-refractivity contribution in [2.24, 2.45) is 0 Å².